The lowest BCUT2D eigenvalue weighted by molar-refractivity contribution is 0.0267. The molecule has 1 aliphatic carbocycles. The van der Waals surface area contributed by atoms with E-state index in [-0.39, 0.29) is 6.04 Å². The summed E-state index contributed by atoms with van der Waals surface area (Å²) in [6.45, 7) is 9.45. The third-order valence-corrected chi connectivity index (χ3v) is 5.00. The average molecular weight is 308 g/mol. The molecule has 124 valence electrons. The van der Waals surface area contributed by atoms with Gasteiger partial charge in [-0.2, -0.15) is 4.98 Å². The monoisotopic (exact) mass is 308 g/mol. The van der Waals surface area contributed by atoms with E-state index < -0.39 is 0 Å². The topological polar surface area (TPSA) is 54.6 Å². The Bertz CT molecular complexity index is 474. The first-order valence-corrected chi connectivity index (χ1v) is 8.53. The van der Waals surface area contributed by atoms with E-state index in [1.807, 2.05) is 0 Å². The molecule has 1 aliphatic heterocycles. The maximum atomic E-state index is 5.51. The lowest BCUT2D eigenvalue weighted by Crippen LogP contribution is -2.54. The van der Waals surface area contributed by atoms with Crippen LogP contribution in [0.5, 0.6) is 0 Å². The van der Waals surface area contributed by atoms with Crippen LogP contribution in [0.3, 0.4) is 0 Å². The summed E-state index contributed by atoms with van der Waals surface area (Å²) < 4.78 is 10.7. The van der Waals surface area contributed by atoms with Gasteiger partial charge in [-0.1, -0.05) is 12.1 Å². The van der Waals surface area contributed by atoms with Gasteiger partial charge in [-0.25, -0.2) is 0 Å². The first-order valence-electron chi connectivity index (χ1n) is 8.53. The van der Waals surface area contributed by atoms with Gasteiger partial charge in [-0.3, -0.25) is 9.80 Å². The van der Waals surface area contributed by atoms with Crippen molar-refractivity contribution in [1.82, 2.24) is 19.9 Å². The molecule has 1 aromatic heterocycles. The Balaban J connectivity index is 1.59. The van der Waals surface area contributed by atoms with Crippen molar-refractivity contribution in [3.8, 4) is 0 Å². The van der Waals surface area contributed by atoms with Crippen LogP contribution in [-0.4, -0.2) is 65.9 Å². The Kier molecular flexibility index (Phi) is 5.10. The lowest BCUT2D eigenvalue weighted by Gasteiger charge is -2.42. The summed E-state index contributed by atoms with van der Waals surface area (Å²) in [4.78, 5) is 9.63. The number of methoxy groups -OCH3 is 1. The molecule has 3 rings (SSSR count). The van der Waals surface area contributed by atoms with E-state index in [2.05, 4.69) is 33.8 Å². The van der Waals surface area contributed by atoms with E-state index in [9.17, 15) is 0 Å². The summed E-state index contributed by atoms with van der Waals surface area (Å²) in [6.07, 6.45) is 3.58. The molecule has 2 aliphatic rings. The van der Waals surface area contributed by atoms with Crippen molar-refractivity contribution in [3.05, 3.63) is 11.7 Å². The Labute approximate surface area is 132 Å². The van der Waals surface area contributed by atoms with Crippen LogP contribution in [-0.2, 0) is 4.74 Å². The summed E-state index contributed by atoms with van der Waals surface area (Å²) in [5, 5.41) is 4.15. The van der Waals surface area contributed by atoms with Crippen LogP contribution in [0.25, 0.3) is 0 Å². The van der Waals surface area contributed by atoms with Crippen LogP contribution in [0.4, 0.5) is 0 Å². The highest BCUT2D eigenvalue weighted by Gasteiger charge is 2.33. The van der Waals surface area contributed by atoms with Gasteiger partial charge in [0, 0.05) is 45.2 Å². The standard InChI is InChI=1S/C16H28N4O2/c1-4-14-11-20(8-7-19(14)9-10-21-3)12(2)16-17-15(18-22-16)13-5-6-13/h12-14H,4-11H2,1-3H3/t12-,14-/m0/s1. The predicted molar refractivity (Wildman–Crippen MR) is 83.8 cm³/mol. The van der Waals surface area contributed by atoms with E-state index in [1.54, 1.807) is 7.11 Å². The molecule has 0 spiro atoms. The molecule has 1 saturated carbocycles. The molecule has 0 unspecified atom stereocenters. The smallest absolute Gasteiger partial charge is 0.243 e. The van der Waals surface area contributed by atoms with Crippen molar-refractivity contribution in [2.75, 3.05) is 39.9 Å². The molecule has 0 radical (unpaired) electrons. The largest absolute Gasteiger partial charge is 0.383 e. The second-order valence-corrected chi connectivity index (χ2v) is 6.53. The van der Waals surface area contributed by atoms with E-state index in [0.717, 1.165) is 50.9 Å². The fourth-order valence-electron chi connectivity index (χ4n) is 3.24. The molecule has 0 bridgehead atoms. The van der Waals surface area contributed by atoms with Crippen molar-refractivity contribution in [1.29, 1.82) is 0 Å². The number of nitrogens with zero attached hydrogens (tertiary/aromatic N) is 4. The zero-order chi connectivity index (χ0) is 15.5. The van der Waals surface area contributed by atoms with Gasteiger partial charge in [0.15, 0.2) is 5.82 Å². The van der Waals surface area contributed by atoms with E-state index >= 15 is 0 Å². The fraction of sp³-hybridized carbons (Fsp3) is 0.875. The quantitative estimate of drug-likeness (QED) is 0.768. The van der Waals surface area contributed by atoms with Gasteiger partial charge in [0.25, 0.3) is 0 Å². The van der Waals surface area contributed by atoms with Crippen LogP contribution in [0.15, 0.2) is 4.52 Å². The molecular formula is C16H28N4O2. The summed E-state index contributed by atoms with van der Waals surface area (Å²) in [5.41, 5.74) is 0. The molecule has 0 N–H and O–H groups in total. The number of ether oxygens (including phenoxy) is 1. The van der Waals surface area contributed by atoms with Gasteiger partial charge in [-0.05, 0) is 26.2 Å². The first-order chi connectivity index (χ1) is 10.7. The number of rotatable bonds is 7. The van der Waals surface area contributed by atoms with Gasteiger partial charge < -0.3 is 9.26 Å². The van der Waals surface area contributed by atoms with Crippen LogP contribution < -0.4 is 0 Å². The van der Waals surface area contributed by atoms with E-state index in [0.29, 0.717) is 12.0 Å². The fourth-order valence-corrected chi connectivity index (χ4v) is 3.24. The van der Waals surface area contributed by atoms with Crippen molar-refractivity contribution in [2.45, 2.75) is 51.1 Å². The Morgan fingerprint density at radius 3 is 2.86 bits per heavy atom. The molecule has 6 nitrogen and oxygen atoms in total. The molecule has 22 heavy (non-hydrogen) atoms. The number of aromatic nitrogens is 2. The lowest BCUT2D eigenvalue weighted by atomic mass is 10.1. The van der Waals surface area contributed by atoms with Crippen molar-refractivity contribution in [3.63, 3.8) is 0 Å². The maximum absolute atomic E-state index is 5.51. The molecule has 2 heterocycles. The van der Waals surface area contributed by atoms with Gasteiger partial charge in [0.2, 0.25) is 5.89 Å². The first kappa shape index (κ1) is 15.9. The maximum Gasteiger partial charge on any atom is 0.243 e. The SMILES string of the molecule is CC[C@H]1CN([C@@H](C)c2nc(C3CC3)no2)CCN1CCOC. The van der Waals surface area contributed by atoms with Gasteiger partial charge in [0.05, 0.1) is 12.6 Å². The average Bonchev–Trinajstić information content (AvgIpc) is 3.29. The molecule has 0 aromatic carbocycles. The summed E-state index contributed by atoms with van der Waals surface area (Å²) in [6, 6.07) is 0.788. The molecule has 1 saturated heterocycles. The number of hydrogen-bond acceptors (Lipinski definition) is 6. The van der Waals surface area contributed by atoms with Gasteiger partial charge >= 0.3 is 0 Å². The van der Waals surface area contributed by atoms with Gasteiger partial charge in [0.1, 0.15) is 0 Å². The molecule has 1 aromatic rings. The molecule has 6 heteroatoms. The van der Waals surface area contributed by atoms with Crippen LogP contribution in [0.1, 0.15) is 56.8 Å². The highest BCUT2D eigenvalue weighted by atomic mass is 16.5. The Morgan fingerprint density at radius 2 is 2.18 bits per heavy atom. The summed E-state index contributed by atoms with van der Waals surface area (Å²) in [7, 11) is 1.77. The van der Waals surface area contributed by atoms with Gasteiger partial charge in [-0.15, -0.1) is 0 Å². The van der Waals surface area contributed by atoms with Crippen LogP contribution >= 0.6 is 0 Å². The number of piperazine rings is 1. The second kappa shape index (κ2) is 7.06. The van der Waals surface area contributed by atoms with Crippen molar-refractivity contribution < 1.29 is 9.26 Å². The highest BCUT2D eigenvalue weighted by Crippen LogP contribution is 2.38. The second-order valence-electron chi connectivity index (χ2n) is 6.53. The third kappa shape index (κ3) is 3.50. The minimum Gasteiger partial charge on any atom is -0.383 e. The van der Waals surface area contributed by atoms with E-state index in [1.165, 1.54) is 12.8 Å². The van der Waals surface area contributed by atoms with Crippen molar-refractivity contribution >= 4 is 0 Å². The van der Waals surface area contributed by atoms with Crippen LogP contribution in [0.2, 0.25) is 0 Å². The van der Waals surface area contributed by atoms with Crippen LogP contribution in [0, 0.1) is 0 Å². The highest BCUT2D eigenvalue weighted by molar-refractivity contribution is 5.05. The summed E-state index contributed by atoms with van der Waals surface area (Å²) >= 11 is 0. The Hall–Kier alpha value is -0.980. The molecule has 2 fully saturated rings. The van der Waals surface area contributed by atoms with E-state index in [4.69, 9.17) is 9.26 Å². The normalized spacial score (nSPS) is 25.5. The molecular weight excluding hydrogens is 280 g/mol. The molecule has 2 atom stereocenters. The summed E-state index contributed by atoms with van der Waals surface area (Å²) in [5.74, 6) is 2.24. The van der Waals surface area contributed by atoms with Crippen molar-refractivity contribution in [2.24, 2.45) is 0 Å². The predicted octanol–water partition coefficient (Wildman–Crippen LogP) is 2.05. The molecule has 0 amide bonds. The Morgan fingerprint density at radius 1 is 1.36 bits per heavy atom. The third-order valence-electron chi connectivity index (χ3n) is 5.00. The zero-order valence-corrected chi connectivity index (χ0v) is 14.0. The zero-order valence-electron chi connectivity index (χ0n) is 14.0. The minimum atomic E-state index is 0.207. The number of hydrogen-bond donors (Lipinski definition) is 0. The minimum absolute atomic E-state index is 0.207.